The lowest BCUT2D eigenvalue weighted by Gasteiger charge is -2.32. The van der Waals surface area contributed by atoms with Crippen LogP contribution in [0.3, 0.4) is 0 Å². The Hall–Kier alpha value is -5.28. The maximum absolute atomic E-state index is 6.85. The zero-order valence-corrected chi connectivity index (χ0v) is 23.2. The van der Waals surface area contributed by atoms with Crippen molar-refractivity contribution >= 4 is 11.4 Å². The minimum absolute atomic E-state index is 0.420. The summed E-state index contributed by atoms with van der Waals surface area (Å²) in [6, 6.07) is 47.6. The molecule has 1 spiro atoms. The van der Waals surface area contributed by atoms with Crippen LogP contribution in [-0.2, 0) is 5.41 Å². The van der Waals surface area contributed by atoms with Crippen LogP contribution < -0.4 is 14.4 Å². The van der Waals surface area contributed by atoms with Crippen LogP contribution in [0.25, 0.3) is 22.3 Å². The van der Waals surface area contributed by atoms with Crippen LogP contribution in [-0.4, -0.2) is 6.54 Å². The minimum atomic E-state index is -0.420. The summed E-state index contributed by atoms with van der Waals surface area (Å²) >= 11 is 0. The number of anilines is 2. The summed E-state index contributed by atoms with van der Waals surface area (Å²) in [7, 11) is 0. The topological polar surface area (TPSA) is 21.7 Å². The van der Waals surface area contributed by atoms with E-state index in [1.165, 1.54) is 44.5 Å². The summed E-state index contributed by atoms with van der Waals surface area (Å²) < 4.78 is 13.5. The molecule has 0 N–H and O–H groups in total. The fourth-order valence-corrected chi connectivity index (χ4v) is 7.49. The largest absolute Gasteiger partial charge is 0.449 e. The van der Waals surface area contributed by atoms with Crippen molar-refractivity contribution in [2.24, 2.45) is 0 Å². The van der Waals surface area contributed by atoms with Crippen molar-refractivity contribution in [2.45, 2.75) is 12.3 Å². The van der Waals surface area contributed by atoms with Crippen LogP contribution in [0.4, 0.5) is 11.4 Å². The molecule has 2 aliphatic carbocycles. The van der Waals surface area contributed by atoms with Crippen LogP contribution >= 0.6 is 0 Å². The Morgan fingerprint density at radius 3 is 1.71 bits per heavy atom. The Kier molecular flexibility index (Phi) is 4.80. The third-order valence-corrected chi connectivity index (χ3v) is 9.13. The molecule has 42 heavy (non-hydrogen) atoms. The van der Waals surface area contributed by atoms with E-state index in [0.717, 1.165) is 40.9 Å². The van der Waals surface area contributed by atoms with Gasteiger partial charge in [0.1, 0.15) is 0 Å². The molecule has 0 amide bonds. The lowest BCUT2D eigenvalue weighted by molar-refractivity contribution is 0.360. The van der Waals surface area contributed by atoms with Gasteiger partial charge in [0.15, 0.2) is 23.0 Å². The average molecular weight is 542 g/mol. The average Bonchev–Trinajstić information content (AvgIpc) is 3.51. The van der Waals surface area contributed by atoms with E-state index in [1.54, 1.807) is 0 Å². The van der Waals surface area contributed by atoms with Gasteiger partial charge in [0.2, 0.25) is 0 Å². The molecule has 1 aliphatic heterocycles. The van der Waals surface area contributed by atoms with E-state index in [4.69, 9.17) is 9.47 Å². The van der Waals surface area contributed by atoms with Crippen LogP contribution in [0.2, 0.25) is 0 Å². The van der Waals surface area contributed by atoms with Gasteiger partial charge in [-0.2, -0.15) is 0 Å². The highest BCUT2D eigenvalue weighted by Gasteiger charge is 2.52. The van der Waals surface area contributed by atoms with Crippen LogP contribution in [0, 0.1) is 0 Å². The molecule has 3 nitrogen and oxygen atoms in total. The van der Waals surface area contributed by atoms with Gasteiger partial charge >= 0.3 is 0 Å². The Bertz CT molecular complexity index is 2000. The smallest absolute Gasteiger partial charge is 0.193 e. The summed E-state index contributed by atoms with van der Waals surface area (Å²) in [5.74, 6) is 2.96. The fourth-order valence-electron chi connectivity index (χ4n) is 7.49. The Balaban J connectivity index is 1.27. The molecule has 0 atom stereocenters. The van der Waals surface area contributed by atoms with Crippen LogP contribution in [0.5, 0.6) is 23.0 Å². The van der Waals surface area contributed by atoms with Crippen molar-refractivity contribution in [2.75, 3.05) is 11.4 Å². The van der Waals surface area contributed by atoms with Gasteiger partial charge in [-0.1, -0.05) is 97.1 Å². The lowest BCUT2D eigenvalue weighted by atomic mass is 9.70. The SMILES string of the molecule is CCN(c1ccccc1)c1cccc2c1Oc1cc3c(cc1O2)-c1ccccc1C31c2ccccc2-c2ccccc21. The summed E-state index contributed by atoms with van der Waals surface area (Å²) in [5.41, 5.74) is 11.9. The molecule has 6 aromatic rings. The number of fused-ring (bicyclic) bond motifs is 12. The molecule has 200 valence electrons. The van der Waals surface area contributed by atoms with E-state index in [9.17, 15) is 0 Å². The summed E-state index contributed by atoms with van der Waals surface area (Å²) in [5, 5.41) is 0. The number of para-hydroxylation sites is 2. The van der Waals surface area contributed by atoms with Crippen molar-refractivity contribution in [1.29, 1.82) is 0 Å². The highest BCUT2D eigenvalue weighted by molar-refractivity contribution is 5.96. The predicted octanol–water partition coefficient (Wildman–Crippen LogP) is 10.1. The molecule has 0 saturated heterocycles. The quantitative estimate of drug-likeness (QED) is 0.222. The first kappa shape index (κ1) is 23.4. The first-order chi connectivity index (χ1) is 20.8. The first-order valence-corrected chi connectivity index (χ1v) is 14.6. The summed E-state index contributed by atoms with van der Waals surface area (Å²) in [4.78, 5) is 2.27. The molecular formula is C39H27NO2. The second-order valence-electron chi connectivity index (χ2n) is 11.1. The van der Waals surface area contributed by atoms with Gasteiger partial charge in [-0.15, -0.1) is 0 Å². The molecule has 3 aliphatic rings. The number of hydrogen-bond acceptors (Lipinski definition) is 3. The molecular weight excluding hydrogens is 514 g/mol. The van der Waals surface area contributed by atoms with Gasteiger partial charge < -0.3 is 14.4 Å². The zero-order valence-electron chi connectivity index (χ0n) is 23.2. The van der Waals surface area contributed by atoms with Crippen molar-refractivity contribution in [3.05, 3.63) is 156 Å². The maximum atomic E-state index is 6.85. The van der Waals surface area contributed by atoms with Crippen molar-refractivity contribution < 1.29 is 9.47 Å². The third-order valence-electron chi connectivity index (χ3n) is 9.13. The number of benzene rings is 6. The van der Waals surface area contributed by atoms with E-state index in [-0.39, 0.29) is 0 Å². The Morgan fingerprint density at radius 2 is 1.07 bits per heavy atom. The lowest BCUT2D eigenvalue weighted by Crippen LogP contribution is -2.26. The number of ether oxygens (including phenoxy) is 2. The second-order valence-corrected chi connectivity index (χ2v) is 11.1. The van der Waals surface area contributed by atoms with Gasteiger partial charge in [0.05, 0.1) is 11.1 Å². The maximum Gasteiger partial charge on any atom is 0.193 e. The van der Waals surface area contributed by atoms with Crippen molar-refractivity contribution in [3.8, 4) is 45.3 Å². The Morgan fingerprint density at radius 1 is 0.500 bits per heavy atom. The normalized spacial score (nSPS) is 14.0. The van der Waals surface area contributed by atoms with Gasteiger partial charge in [0, 0.05) is 12.2 Å². The van der Waals surface area contributed by atoms with E-state index < -0.39 is 5.41 Å². The van der Waals surface area contributed by atoms with Gasteiger partial charge in [-0.3, -0.25) is 0 Å². The van der Waals surface area contributed by atoms with E-state index in [1.807, 2.05) is 18.2 Å². The van der Waals surface area contributed by atoms with Crippen molar-refractivity contribution in [3.63, 3.8) is 0 Å². The standard InChI is InChI=1S/C39H27NO2/c1-2-40(25-13-4-3-5-14-25)34-21-12-22-35-38(34)42-37-24-33-29(23-36(37)41-35)28-17-8-11-20-32(28)39(33)30-18-9-6-15-26(30)27-16-7-10-19-31(27)39/h3-24H,2H2,1H3. The monoisotopic (exact) mass is 541 g/mol. The van der Waals surface area contributed by atoms with E-state index >= 15 is 0 Å². The predicted molar refractivity (Wildman–Crippen MR) is 168 cm³/mol. The van der Waals surface area contributed by atoms with Crippen LogP contribution in [0.15, 0.2) is 133 Å². The molecule has 0 radical (unpaired) electrons. The van der Waals surface area contributed by atoms with Gasteiger partial charge in [-0.25, -0.2) is 0 Å². The number of nitrogens with zero attached hydrogens (tertiary/aromatic N) is 1. The molecule has 0 fully saturated rings. The van der Waals surface area contributed by atoms with Gasteiger partial charge in [0.25, 0.3) is 0 Å². The van der Waals surface area contributed by atoms with E-state index in [0.29, 0.717) is 0 Å². The number of rotatable bonds is 3. The molecule has 3 heteroatoms. The summed E-state index contributed by atoms with van der Waals surface area (Å²) in [6.45, 7) is 2.96. The van der Waals surface area contributed by atoms with Crippen molar-refractivity contribution in [1.82, 2.24) is 0 Å². The first-order valence-electron chi connectivity index (χ1n) is 14.6. The van der Waals surface area contributed by atoms with Gasteiger partial charge in [-0.05, 0) is 87.8 Å². The molecule has 0 unspecified atom stereocenters. The van der Waals surface area contributed by atoms with Crippen LogP contribution in [0.1, 0.15) is 29.2 Å². The highest BCUT2D eigenvalue weighted by Crippen LogP contribution is 2.64. The fraction of sp³-hybridized carbons (Fsp3) is 0.0769. The molecule has 0 saturated carbocycles. The highest BCUT2D eigenvalue weighted by atomic mass is 16.6. The molecule has 0 bridgehead atoms. The zero-order chi connectivity index (χ0) is 27.8. The molecule has 0 aromatic heterocycles. The summed E-state index contributed by atoms with van der Waals surface area (Å²) in [6.07, 6.45) is 0. The number of hydrogen-bond donors (Lipinski definition) is 0. The Labute approximate surface area is 245 Å². The second kappa shape index (κ2) is 8.61. The minimum Gasteiger partial charge on any atom is -0.449 e. The third kappa shape index (κ3) is 2.95. The molecule has 1 heterocycles. The van der Waals surface area contributed by atoms with E-state index in [2.05, 4.69) is 127 Å². The molecule has 6 aromatic carbocycles. The molecule has 9 rings (SSSR count).